The first-order valence-corrected chi connectivity index (χ1v) is 7.42. The Morgan fingerprint density at radius 2 is 2.00 bits per heavy atom. The van der Waals surface area contributed by atoms with Crippen molar-refractivity contribution in [3.05, 3.63) is 63.1 Å². The predicted molar refractivity (Wildman–Crippen MR) is 79.9 cm³/mol. The summed E-state index contributed by atoms with van der Waals surface area (Å²) in [4.78, 5) is 0.992. The Hall–Kier alpha value is -0.950. The lowest BCUT2D eigenvalue weighted by Gasteiger charge is -2.06. The van der Waals surface area contributed by atoms with E-state index in [1.165, 1.54) is 0 Å². The molecule has 0 saturated carbocycles. The third kappa shape index (κ3) is 3.29. The topological polar surface area (TPSA) is 23.8 Å². The Labute approximate surface area is 124 Å². The minimum Gasteiger partial charge on any atom is -0.192 e. The lowest BCUT2D eigenvalue weighted by Crippen LogP contribution is -1.85. The number of benzene rings is 2. The maximum Gasteiger partial charge on any atom is 0.100 e. The lowest BCUT2D eigenvalue weighted by atomic mass is 10.2. The molecule has 0 heterocycles. The molecule has 0 aliphatic rings. The molecule has 2 aromatic rings. The minimum absolute atomic E-state index is 0.709. The molecule has 0 atom stereocenters. The van der Waals surface area contributed by atoms with Crippen molar-refractivity contribution < 1.29 is 0 Å². The van der Waals surface area contributed by atoms with E-state index in [9.17, 15) is 0 Å². The molecule has 2 aromatic carbocycles. The summed E-state index contributed by atoms with van der Waals surface area (Å²) < 4.78 is 1.04. The van der Waals surface area contributed by atoms with Gasteiger partial charge >= 0.3 is 0 Å². The van der Waals surface area contributed by atoms with Crippen molar-refractivity contribution in [3.63, 3.8) is 0 Å². The minimum atomic E-state index is 0.709. The van der Waals surface area contributed by atoms with E-state index >= 15 is 0 Å². The summed E-state index contributed by atoms with van der Waals surface area (Å²) in [6, 6.07) is 15.5. The van der Waals surface area contributed by atoms with Gasteiger partial charge in [-0.1, -0.05) is 39.7 Å². The second-order valence-electron chi connectivity index (χ2n) is 3.63. The number of hydrogen-bond acceptors (Lipinski definition) is 2. The summed E-state index contributed by atoms with van der Waals surface area (Å²) in [6.45, 7) is 0. The average Bonchev–Trinajstić information content (AvgIpc) is 2.40. The lowest BCUT2D eigenvalue weighted by molar-refractivity contribution is 1.33. The second-order valence-corrected chi connectivity index (χ2v) is 5.94. The molecule has 0 aliphatic carbocycles. The van der Waals surface area contributed by atoms with E-state index in [0.29, 0.717) is 5.56 Å². The first-order chi connectivity index (χ1) is 8.70. The molecule has 0 aliphatic heterocycles. The van der Waals surface area contributed by atoms with Gasteiger partial charge in [0.25, 0.3) is 0 Å². The molecule has 0 amide bonds. The fourth-order valence-corrected chi connectivity index (χ4v) is 3.26. The summed E-state index contributed by atoms with van der Waals surface area (Å²) in [7, 11) is 0. The Morgan fingerprint density at radius 1 is 1.22 bits per heavy atom. The van der Waals surface area contributed by atoms with Crippen LogP contribution in [0, 0.1) is 11.3 Å². The van der Waals surface area contributed by atoms with Crippen LogP contribution in [-0.4, -0.2) is 0 Å². The molecule has 90 valence electrons. The van der Waals surface area contributed by atoms with Crippen LogP contribution in [0.15, 0.2) is 51.8 Å². The highest BCUT2D eigenvalue weighted by Gasteiger charge is 2.05. The fraction of sp³-hybridized carbons (Fsp3) is 0.0714. The smallest absolute Gasteiger partial charge is 0.100 e. The van der Waals surface area contributed by atoms with Crippen LogP contribution in [0.5, 0.6) is 0 Å². The summed E-state index contributed by atoms with van der Waals surface area (Å²) in [5, 5.41) is 9.75. The van der Waals surface area contributed by atoms with Crippen LogP contribution >= 0.6 is 39.3 Å². The van der Waals surface area contributed by atoms with Crippen LogP contribution in [0.3, 0.4) is 0 Å². The van der Waals surface area contributed by atoms with E-state index in [-0.39, 0.29) is 0 Å². The number of hydrogen-bond donors (Lipinski definition) is 0. The summed E-state index contributed by atoms with van der Waals surface area (Å²) in [5.41, 5.74) is 1.83. The SMILES string of the molecule is N#Cc1ccccc1SCc1cc(Cl)ccc1Br. The van der Waals surface area contributed by atoms with E-state index in [1.54, 1.807) is 11.8 Å². The normalized spacial score (nSPS) is 10.1. The highest BCUT2D eigenvalue weighted by molar-refractivity contribution is 9.10. The Kier molecular flexibility index (Phi) is 4.71. The zero-order chi connectivity index (χ0) is 13.0. The van der Waals surface area contributed by atoms with E-state index in [0.717, 1.165) is 25.7 Å². The maximum absolute atomic E-state index is 9.02. The third-order valence-corrected chi connectivity index (χ3v) is 4.53. The largest absolute Gasteiger partial charge is 0.192 e. The van der Waals surface area contributed by atoms with Gasteiger partial charge in [0, 0.05) is 20.1 Å². The van der Waals surface area contributed by atoms with Crippen LogP contribution < -0.4 is 0 Å². The third-order valence-electron chi connectivity index (χ3n) is 2.40. The van der Waals surface area contributed by atoms with Gasteiger partial charge in [0.15, 0.2) is 0 Å². The first-order valence-electron chi connectivity index (χ1n) is 5.26. The van der Waals surface area contributed by atoms with Crippen LogP contribution in [0.2, 0.25) is 5.02 Å². The molecule has 0 unspecified atom stereocenters. The Bertz CT molecular complexity index is 607. The van der Waals surface area contributed by atoms with Crippen LogP contribution in [0.1, 0.15) is 11.1 Å². The van der Waals surface area contributed by atoms with E-state index < -0.39 is 0 Å². The number of rotatable bonds is 3. The monoisotopic (exact) mass is 337 g/mol. The van der Waals surface area contributed by atoms with Crippen molar-refractivity contribution in [3.8, 4) is 6.07 Å². The highest BCUT2D eigenvalue weighted by atomic mass is 79.9. The highest BCUT2D eigenvalue weighted by Crippen LogP contribution is 2.30. The van der Waals surface area contributed by atoms with Gasteiger partial charge in [0.2, 0.25) is 0 Å². The standard InChI is InChI=1S/C14H9BrClNS/c15-13-6-5-12(16)7-11(13)9-18-14-4-2-1-3-10(14)8-17/h1-7H,9H2. The summed E-state index contributed by atoms with van der Waals surface area (Å²) >= 11 is 11.1. The molecule has 0 aromatic heterocycles. The van der Waals surface area contributed by atoms with Gasteiger partial charge in [-0.2, -0.15) is 5.26 Å². The van der Waals surface area contributed by atoms with E-state index in [4.69, 9.17) is 16.9 Å². The molecule has 0 N–H and O–H groups in total. The molecule has 2 rings (SSSR count). The van der Waals surface area contributed by atoms with Gasteiger partial charge in [0.1, 0.15) is 6.07 Å². The fourth-order valence-electron chi connectivity index (χ4n) is 1.49. The zero-order valence-corrected chi connectivity index (χ0v) is 12.5. The molecule has 0 fully saturated rings. The quantitative estimate of drug-likeness (QED) is 0.712. The van der Waals surface area contributed by atoms with Crippen molar-refractivity contribution in [2.75, 3.05) is 0 Å². The molecular weight excluding hydrogens is 330 g/mol. The number of halogens is 2. The zero-order valence-electron chi connectivity index (χ0n) is 9.36. The van der Waals surface area contributed by atoms with E-state index in [2.05, 4.69) is 22.0 Å². The maximum atomic E-state index is 9.02. The van der Waals surface area contributed by atoms with Crippen LogP contribution in [0.4, 0.5) is 0 Å². The van der Waals surface area contributed by atoms with Gasteiger partial charge in [-0.25, -0.2) is 0 Å². The molecular formula is C14H9BrClNS. The molecule has 1 nitrogen and oxygen atoms in total. The Morgan fingerprint density at radius 3 is 2.78 bits per heavy atom. The molecule has 18 heavy (non-hydrogen) atoms. The second kappa shape index (κ2) is 6.29. The van der Waals surface area contributed by atoms with Crippen molar-refractivity contribution in [2.45, 2.75) is 10.6 Å². The van der Waals surface area contributed by atoms with Crippen molar-refractivity contribution in [2.24, 2.45) is 0 Å². The van der Waals surface area contributed by atoms with Gasteiger partial charge in [0.05, 0.1) is 5.56 Å². The van der Waals surface area contributed by atoms with Gasteiger partial charge in [-0.05, 0) is 35.9 Å². The molecule has 0 radical (unpaired) electrons. The van der Waals surface area contributed by atoms with Crippen molar-refractivity contribution >= 4 is 39.3 Å². The van der Waals surface area contributed by atoms with Gasteiger partial charge in [-0.15, -0.1) is 11.8 Å². The first kappa shape index (κ1) is 13.5. The number of nitrogens with zero attached hydrogens (tertiary/aromatic N) is 1. The number of nitriles is 1. The molecule has 0 spiro atoms. The van der Waals surface area contributed by atoms with Gasteiger partial charge in [-0.3, -0.25) is 0 Å². The number of thioether (sulfide) groups is 1. The van der Waals surface area contributed by atoms with Crippen LogP contribution in [-0.2, 0) is 5.75 Å². The Balaban J connectivity index is 2.17. The van der Waals surface area contributed by atoms with Crippen molar-refractivity contribution in [1.82, 2.24) is 0 Å². The molecule has 0 saturated heterocycles. The van der Waals surface area contributed by atoms with E-state index in [1.807, 2.05) is 42.5 Å². The predicted octanol–water partition coefficient (Wildman–Crippen LogP) is 5.27. The van der Waals surface area contributed by atoms with Crippen LogP contribution in [0.25, 0.3) is 0 Å². The molecule has 0 bridgehead atoms. The average molecular weight is 339 g/mol. The summed E-state index contributed by atoms with van der Waals surface area (Å²) in [5.74, 6) is 0.778. The van der Waals surface area contributed by atoms with Crippen molar-refractivity contribution in [1.29, 1.82) is 5.26 Å². The summed E-state index contributed by atoms with van der Waals surface area (Å²) in [6.07, 6.45) is 0. The molecule has 4 heteroatoms. The van der Waals surface area contributed by atoms with Gasteiger partial charge < -0.3 is 0 Å².